The average Bonchev–Trinajstić information content (AvgIpc) is 3.06. The molecule has 2 aromatic rings. The van der Waals surface area contributed by atoms with E-state index in [1.165, 1.54) is 11.1 Å². The van der Waals surface area contributed by atoms with Crippen molar-refractivity contribution in [2.24, 2.45) is 22.1 Å². The molecule has 2 aliphatic heterocycles. The Morgan fingerprint density at radius 1 is 1.23 bits per heavy atom. The third-order valence-corrected chi connectivity index (χ3v) is 10.7. The van der Waals surface area contributed by atoms with Gasteiger partial charge in [0, 0.05) is 30.6 Å². The maximum atomic E-state index is 13.1. The lowest BCUT2D eigenvalue weighted by molar-refractivity contribution is 0.0131. The molecule has 1 spiro atoms. The lowest BCUT2D eigenvalue weighted by Gasteiger charge is -2.45. The first-order chi connectivity index (χ1) is 19.3. The van der Waals surface area contributed by atoms with Crippen molar-refractivity contribution in [1.82, 2.24) is 4.98 Å². The number of amides is 1. The van der Waals surface area contributed by atoms with E-state index < -0.39 is 16.5 Å². The number of halogens is 1. The largest absolute Gasteiger partial charge is 0.489 e. The molecule has 6 rings (SSSR count). The number of pyridine rings is 1. The SMILES string of the molecule is CO[C@H]1/C=C/C[C@H](C)C[S-](=O)=NC(=O)c2ccc3c(n2)N(C[C@@H]2CC[C@H]21)C[C@@]1(CCCc2cc(Cl)ccc21)CO3. The Kier molecular flexibility index (Phi) is 7.94. The standard InChI is InChI=1S/C31H37ClN3O4S/c1-20-5-3-7-27(38-2)24-10-8-22(24)16-35-18-31(14-4-6-21-15-23(32)9-11-25(21)31)19-39-28-13-12-26(33-29(28)35)30(36)34-40(37)17-20/h3,7,9,11-13,15,20,22,24,27H,4-6,8,10,14,16-19H2,1-2H3/q-1/b7-3+/t20-,22-,24+,27-,31-/m0/s1. The normalized spacial score (nSPS) is 31.7. The minimum absolute atomic E-state index is 0.0316. The molecule has 3 heterocycles. The summed E-state index contributed by atoms with van der Waals surface area (Å²) in [4.78, 5) is 20.2. The van der Waals surface area contributed by atoms with Gasteiger partial charge in [-0.3, -0.25) is 4.79 Å². The number of aromatic nitrogens is 1. The molecule has 0 N–H and O–H groups in total. The fourth-order valence-corrected chi connectivity index (χ4v) is 8.14. The van der Waals surface area contributed by atoms with Crippen molar-refractivity contribution >= 4 is 33.9 Å². The van der Waals surface area contributed by atoms with Crippen molar-refractivity contribution in [2.75, 3.05) is 37.5 Å². The van der Waals surface area contributed by atoms with E-state index in [1.807, 2.05) is 19.1 Å². The lowest BCUT2D eigenvalue weighted by atomic mass is 9.68. The van der Waals surface area contributed by atoms with E-state index in [9.17, 15) is 9.00 Å². The second-order valence-corrected chi connectivity index (χ2v) is 13.6. The predicted octanol–water partition coefficient (Wildman–Crippen LogP) is 6.13. The van der Waals surface area contributed by atoms with Gasteiger partial charge >= 0.3 is 0 Å². The molecule has 1 aromatic carbocycles. The molecule has 2 aliphatic carbocycles. The van der Waals surface area contributed by atoms with Gasteiger partial charge in [-0.2, -0.15) is 10.6 Å². The van der Waals surface area contributed by atoms with Crippen LogP contribution in [0.1, 0.15) is 60.6 Å². The third kappa shape index (κ3) is 5.42. The number of nitrogens with zero attached hydrogens (tertiary/aromatic N) is 3. The number of ether oxygens (including phenoxy) is 2. The van der Waals surface area contributed by atoms with Crippen molar-refractivity contribution in [1.29, 1.82) is 0 Å². The molecule has 1 saturated carbocycles. The summed E-state index contributed by atoms with van der Waals surface area (Å²) in [7, 11) is 0.164. The zero-order chi connectivity index (χ0) is 27.9. The van der Waals surface area contributed by atoms with E-state index in [-0.39, 0.29) is 23.1 Å². The van der Waals surface area contributed by atoms with Crippen LogP contribution >= 0.6 is 11.6 Å². The second kappa shape index (κ2) is 11.5. The number of allylic oxidation sites excluding steroid dienone is 1. The average molecular weight is 583 g/mol. The topological polar surface area (TPSA) is 81.1 Å². The molecule has 0 saturated heterocycles. The highest BCUT2D eigenvalue weighted by Gasteiger charge is 2.44. The fourth-order valence-electron chi connectivity index (χ4n) is 6.97. The van der Waals surface area contributed by atoms with Crippen LogP contribution in [0.2, 0.25) is 5.02 Å². The highest BCUT2D eigenvalue weighted by molar-refractivity contribution is 7.75. The van der Waals surface area contributed by atoms with Crippen LogP contribution in [-0.4, -0.2) is 49.6 Å². The van der Waals surface area contributed by atoms with Crippen LogP contribution in [0.15, 0.2) is 46.8 Å². The molecule has 4 aliphatic rings. The second-order valence-electron chi connectivity index (χ2n) is 12.0. The Balaban J connectivity index is 1.43. The van der Waals surface area contributed by atoms with Crippen LogP contribution in [0, 0.1) is 17.8 Å². The predicted molar refractivity (Wildman–Crippen MR) is 158 cm³/mol. The summed E-state index contributed by atoms with van der Waals surface area (Å²) in [6.07, 6.45) is 10.4. The minimum atomic E-state index is -1.62. The molecule has 1 aromatic heterocycles. The van der Waals surface area contributed by atoms with Crippen LogP contribution in [0.25, 0.3) is 0 Å². The van der Waals surface area contributed by atoms with Gasteiger partial charge in [0.05, 0.1) is 12.7 Å². The Morgan fingerprint density at radius 3 is 2.90 bits per heavy atom. The van der Waals surface area contributed by atoms with E-state index in [0.717, 1.165) is 56.6 Å². The van der Waals surface area contributed by atoms with Crippen LogP contribution < -0.4 is 9.64 Å². The van der Waals surface area contributed by atoms with Gasteiger partial charge in [-0.1, -0.05) is 48.4 Å². The number of carbonyl (C=O) groups is 1. The van der Waals surface area contributed by atoms with Gasteiger partial charge in [0.2, 0.25) is 0 Å². The van der Waals surface area contributed by atoms with E-state index in [2.05, 4.69) is 33.5 Å². The van der Waals surface area contributed by atoms with Crippen molar-refractivity contribution in [3.8, 4) is 5.75 Å². The summed E-state index contributed by atoms with van der Waals surface area (Å²) in [5.74, 6) is 2.07. The number of benzene rings is 1. The summed E-state index contributed by atoms with van der Waals surface area (Å²) in [6.45, 7) is 4.09. The first-order valence-corrected chi connectivity index (χ1v) is 16.0. The molecule has 1 amide bonds. The zero-order valence-corrected chi connectivity index (χ0v) is 24.8. The third-order valence-electron chi connectivity index (χ3n) is 9.20. The monoisotopic (exact) mass is 582 g/mol. The molecule has 40 heavy (non-hydrogen) atoms. The summed E-state index contributed by atoms with van der Waals surface area (Å²) < 4.78 is 29.2. The van der Waals surface area contributed by atoms with Crippen LogP contribution in [0.4, 0.5) is 5.82 Å². The Bertz CT molecular complexity index is 1410. The Labute approximate surface area is 243 Å². The van der Waals surface area contributed by atoms with Gasteiger partial charge in [0.1, 0.15) is 5.69 Å². The maximum absolute atomic E-state index is 13.1. The molecular formula is C31H37ClN3O4S-. The maximum Gasteiger partial charge on any atom is 0.272 e. The fraction of sp³-hybridized carbons (Fsp3) is 0.548. The smallest absolute Gasteiger partial charge is 0.272 e. The van der Waals surface area contributed by atoms with Crippen LogP contribution in [0.5, 0.6) is 5.75 Å². The number of methoxy groups -OCH3 is 1. The minimum Gasteiger partial charge on any atom is -0.489 e. The van der Waals surface area contributed by atoms with E-state index in [0.29, 0.717) is 35.8 Å². The Hall–Kier alpha value is -2.42. The molecule has 0 radical (unpaired) electrons. The van der Waals surface area contributed by atoms with Crippen LogP contribution in [-0.2, 0) is 31.4 Å². The van der Waals surface area contributed by atoms with Crippen molar-refractivity contribution < 1.29 is 18.5 Å². The van der Waals surface area contributed by atoms with Gasteiger partial charge in [-0.25, -0.2) is 4.98 Å². The molecular weight excluding hydrogens is 546 g/mol. The van der Waals surface area contributed by atoms with Crippen molar-refractivity contribution in [3.63, 3.8) is 0 Å². The summed E-state index contributed by atoms with van der Waals surface area (Å²) in [5, 5.41) is 0.759. The first-order valence-electron chi connectivity index (χ1n) is 14.4. The zero-order valence-electron chi connectivity index (χ0n) is 23.2. The number of carbonyl (C=O) groups excluding carboxylic acids is 1. The highest BCUT2D eigenvalue weighted by Crippen LogP contribution is 2.46. The van der Waals surface area contributed by atoms with E-state index >= 15 is 0 Å². The van der Waals surface area contributed by atoms with Gasteiger partial charge in [0.15, 0.2) is 11.6 Å². The summed E-state index contributed by atoms with van der Waals surface area (Å²) in [6, 6.07) is 9.72. The number of rotatable bonds is 1. The molecule has 0 unspecified atom stereocenters. The molecule has 214 valence electrons. The molecule has 1 fully saturated rings. The number of fused-ring (bicyclic) bond motifs is 4. The van der Waals surface area contributed by atoms with Crippen molar-refractivity contribution in [2.45, 2.75) is 57.0 Å². The Morgan fingerprint density at radius 2 is 2.10 bits per heavy atom. The number of hydrogen-bond acceptors (Lipinski definition) is 7. The van der Waals surface area contributed by atoms with Crippen molar-refractivity contribution in [3.05, 3.63) is 64.3 Å². The lowest BCUT2D eigenvalue weighted by Crippen LogP contribution is -2.49. The molecule has 9 heteroatoms. The molecule has 7 nitrogen and oxygen atoms in total. The summed E-state index contributed by atoms with van der Waals surface area (Å²) in [5.41, 5.74) is 2.56. The van der Waals surface area contributed by atoms with E-state index in [1.54, 1.807) is 13.2 Å². The van der Waals surface area contributed by atoms with Crippen LogP contribution in [0.3, 0.4) is 0 Å². The summed E-state index contributed by atoms with van der Waals surface area (Å²) >= 11 is 6.39. The quantitative estimate of drug-likeness (QED) is 0.297. The van der Waals surface area contributed by atoms with Gasteiger partial charge < -0.3 is 22.9 Å². The van der Waals surface area contributed by atoms with Gasteiger partial charge in [-0.15, -0.1) is 0 Å². The highest BCUT2D eigenvalue weighted by atomic mass is 35.5. The number of aryl methyl sites for hydroxylation is 1. The number of anilines is 1. The molecule has 2 bridgehead atoms. The molecule has 5 atom stereocenters. The van der Waals surface area contributed by atoms with Gasteiger partial charge in [0.25, 0.3) is 5.91 Å². The number of hydrogen-bond donors (Lipinski definition) is 0. The van der Waals surface area contributed by atoms with Gasteiger partial charge in [-0.05, 0) is 85.8 Å². The van der Waals surface area contributed by atoms with E-state index in [4.69, 9.17) is 26.1 Å². The first kappa shape index (κ1) is 27.7.